The number of nitro groups is 1. The van der Waals surface area contributed by atoms with Gasteiger partial charge < -0.3 is 0 Å². The van der Waals surface area contributed by atoms with Crippen molar-refractivity contribution < 1.29 is 18.9 Å². The molecule has 6 nitrogen and oxygen atoms in total. The molecule has 0 spiro atoms. The van der Waals surface area contributed by atoms with Crippen molar-refractivity contribution >= 4 is 34.7 Å². The van der Waals surface area contributed by atoms with E-state index < -0.39 is 22.1 Å². The summed E-state index contributed by atoms with van der Waals surface area (Å²) in [5, 5.41) is 11.9. The van der Waals surface area contributed by atoms with Gasteiger partial charge >= 0.3 is 0 Å². The number of hydrogen-bond donors (Lipinski definition) is 0. The van der Waals surface area contributed by atoms with Gasteiger partial charge in [-0.2, -0.15) is 0 Å². The molecule has 160 valence electrons. The van der Waals surface area contributed by atoms with Crippen LogP contribution in [0, 0.1) is 21.3 Å². The molecular formula is C23H20ClFN2O4. The summed E-state index contributed by atoms with van der Waals surface area (Å²) in [5.41, 5.74) is 0.943. The molecule has 0 radical (unpaired) electrons. The third-order valence-corrected chi connectivity index (χ3v) is 6.03. The highest BCUT2D eigenvalue weighted by Crippen LogP contribution is 2.49. The van der Waals surface area contributed by atoms with Crippen LogP contribution < -0.4 is 4.90 Å². The summed E-state index contributed by atoms with van der Waals surface area (Å²) >= 11 is 6.11. The first-order valence-electron chi connectivity index (χ1n) is 9.86. The van der Waals surface area contributed by atoms with Gasteiger partial charge in [0, 0.05) is 41.1 Å². The van der Waals surface area contributed by atoms with Gasteiger partial charge in [0.05, 0.1) is 4.92 Å². The zero-order valence-corrected chi connectivity index (χ0v) is 17.8. The molecule has 0 bridgehead atoms. The van der Waals surface area contributed by atoms with E-state index in [9.17, 15) is 24.1 Å². The summed E-state index contributed by atoms with van der Waals surface area (Å²) in [5.74, 6) is -1.42. The number of nitrogens with zero attached hydrogens (tertiary/aromatic N) is 2. The fourth-order valence-corrected chi connectivity index (χ4v) is 4.67. The minimum Gasteiger partial charge on any atom is -0.294 e. The van der Waals surface area contributed by atoms with Gasteiger partial charge in [0.25, 0.3) is 5.69 Å². The second-order valence-corrected chi connectivity index (χ2v) is 9.17. The SMILES string of the molecule is CC1(C)CC(=O)C2=C(C1)N(c1cc(Cl)ccc1[N+](=O)[O-])C(=O)CC2c1ccc(F)cc1. The summed E-state index contributed by atoms with van der Waals surface area (Å²) < 4.78 is 13.5. The maximum Gasteiger partial charge on any atom is 0.293 e. The quantitative estimate of drug-likeness (QED) is 0.461. The largest absolute Gasteiger partial charge is 0.294 e. The number of allylic oxidation sites excluding steroid dienone is 2. The van der Waals surface area contributed by atoms with Gasteiger partial charge in [0.2, 0.25) is 5.91 Å². The molecule has 0 fully saturated rings. The Morgan fingerprint density at radius 3 is 2.45 bits per heavy atom. The number of carbonyl (C=O) groups is 2. The van der Waals surface area contributed by atoms with Gasteiger partial charge in [-0.25, -0.2) is 4.39 Å². The molecule has 2 aromatic rings. The Kier molecular flexibility index (Phi) is 5.17. The van der Waals surface area contributed by atoms with Crippen LogP contribution in [0.5, 0.6) is 0 Å². The number of hydrogen-bond acceptors (Lipinski definition) is 4. The standard InChI is InChI=1S/C23H20ClFN2O4/c1-23(2)11-19-22(20(28)12-23)16(13-3-6-15(25)7-4-13)10-21(29)26(19)18-9-14(24)5-8-17(18)27(30)31/h3-9,16H,10-12H2,1-2H3. The highest BCUT2D eigenvalue weighted by molar-refractivity contribution is 6.31. The first kappa shape index (κ1) is 21.2. The van der Waals surface area contributed by atoms with Crippen molar-refractivity contribution in [2.45, 2.75) is 39.0 Å². The monoisotopic (exact) mass is 442 g/mol. The van der Waals surface area contributed by atoms with E-state index in [1.165, 1.54) is 35.2 Å². The van der Waals surface area contributed by atoms with E-state index in [1.54, 1.807) is 12.1 Å². The number of Topliss-reactive ketones (excluding diaryl/α,β-unsaturated/α-hetero) is 1. The number of anilines is 1. The molecule has 0 N–H and O–H groups in total. The normalized spacial score (nSPS) is 20.6. The lowest BCUT2D eigenvalue weighted by molar-refractivity contribution is -0.384. The van der Waals surface area contributed by atoms with E-state index in [0.717, 1.165) is 0 Å². The number of rotatable bonds is 3. The molecular weight excluding hydrogens is 423 g/mol. The van der Waals surface area contributed by atoms with Crippen LogP contribution in [-0.2, 0) is 9.59 Å². The number of benzene rings is 2. The third kappa shape index (κ3) is 3.85. The number of carbonyl (C=O) groups excluding carboxylic acids is 2. The molecule has 1 unspecified atom stereocenters. The lowest BCUT2D eigenvalue weighted by Gasteiger charge is -2.42. The van der Waals surface area contributed by atoms with Crippen LogP contribution in [0.4, 0.5) is 15.8 Å². The Hall–Kier alpha value is -3.06. The Morgan fingerprint density at radius 1 is 1.13 bits per heavy atom. The van der Waals surface area contributed by atoms with Gasteiger partial charge in [-0.1, -0.05) is 37.6 Å². The van der Waals surface area contributed by atoms with Crippen LogP contribution in [0.1, 0.15) is 44.6 Å². The van der Waals surface area contributed by atoms with Crippen molar-refractivity contribution in [1.82, 2.24) is 0 Å². The molecule has 4 rings (SSSR count). The molecule has 1 aliphatic heterocycles. The molecule has 2 aromatic carbocycles. The van der Waals surface area contributed by atoms with Crippen molar-refractivity contribution in [3.05, 3.63) is 80.3 Å². The van der Waals surface area contributed by atoms with E-state index >= 15 is 0 Å². The molecule has 0 saturated heterocycles. The van der Waals surface area contributed by atoms with E-state index in [4.69, 9.17) is 11.6 Å². The molecule has 31 heavy (non-hydrogen) atoms. The molecule has 8 heteroatoms. The second kappa shape index (κ2) is 7.57. The summed E-state index contributed by atoms with van der Waals surface area (Å²) in [4.78, 5) is 39.0. The maximum atomic E-state index is 13.5. The summed E-state index contributed by atoms with van der Waals surface area (Å²) in [7, 11) is 0. The molecule has 1 atom stereocenters. The number of amides is 1. The smallest absolute Gasteiger partial charge is 0.293 e. The Bertz CT molecular complexity index is 1140. The second-order valence-electron chi connectivity index (χ2n) is 8.73. The van der Waals surface area contributed by atoms with Gasteiger partial charge in [-0.05, 0) is 41.7 Å². The Labute approximate surface area is 183 Å². The Balaban J connectivity index is 1.95. The first-order chi connectivity index (χ1) is 14.6. The summed E-state index contributed by atoms with van der Waals surface area (Å²) in [6, 6.07) is 9.77. The van der Waals surface area contributed by atoms with Crippen molar-refractivity contribution in [2.75, 3.05) is 4.90 Å². The van der Waals surface area contributed by atoms with Crippen LogP contribution in [0.15, 0.2) is 53.7 Å². The van der Waals surface area contributed by atoms with Gasteiger partial charge in [-0.15, -0.1) is 0 Å². The molecule has 2 aliphatic rings. The molecule has 1 amide bonds. The fraction of sp³-hybridized carbons (Fsp3) is 0.304. The van der Waals surface area contributed by atoms with Crippen LogP contribution in [-0.4, -0.2) is 16.6 Å². The van der Waals surface area contributed by atoms with Crippen LogP contribution in [0.3, 0.4) is 0 Å². The van der Waals surface area contributed by atoms with Crippen LogP contribution in [0.2, 0.25) is 5.02 Å². The predicted octanol–water partition coefficient (Wildman–Crippen LogP) is 5.55. The minimum atomic E-state index is -0.568. The Morgan fingerprint density at radius 2 is 1.81 bits per heavy atom. The van der Waals surface area contributed by atoms with Crippen LogP contribution >= 0.6 is 11.6 Å². The zero-order valence-electron chi connectivity index (χ0n) is 17.0. The molecule has 1 aliphatic carbocycles. The average Bonchev–Trinajstić information content (AvgIpc) is 2.66. The predicted molar refractivity (Wildman–Crippen MR) is 114 cm³/mol. The summed E-state index contributed by atoms with van der Waals surface area (Å²) in [6.07, 6.45) is 0.630. The topological polar surface area (TPSA) is 80.5 Å². The van der Waals surface area contributed by atoms with Crippen molar-refractivity contribution in [3.63, 3.8) is 0 Å². The lowest BCUT2D eigenvalue weighted by atomic mass is 9.69. The maximum absolute atomic E-state index is 13.5. The van der Waals surface area contributed by atoms with Gasteiger partial charge in [0.1, 0.15) is 11.5 Å². The first-order valence-corrected chi connectivity index (χ1v) is 10.2. The third-order valence-electron chi connectivity index (χ3n) is 5.79. The number of halogens is 2. The molecule has 0 aromatic heterocycles. The zero-order chi connectivity index (χ0) is 22.5. The van der Waals surface area contributed by atoms with E-state index in [-0.39, 0.29) is 34.5 Å². The van der Waals surface area contributed by atoms with Crippen molar-refractivity contribution in [3.8, 4) is 0 Å². The number of nitro benzene ring substituents is 1. The van der Waals surface area contributed by atoms with E-state index in [2.05, 4.69) is 0 Å². The minimum absolute atomic E-state index is 0.0538. The van der Waals surface area contributed by atoms with Crippen LogP contribution in [0.25, 0.3) is 0 Å². The molecule has 1 heterocycles. The average molecular weight is 443 g/mol. The van der Waals surface area contributed by atoms with E-state index in [1.807, 2.05) is 13.8 Å². The van der Waals surface area contributed by atoms with E-state index in [0.29, 0.717) is 29.7 Å². The van der Waals surface area contributed by atoms with Crippen molar-refractivity contribution in [1.29, 1.82) is 0 Å². The number of ketones is 1. The lowest BCUT2D eigenvalue weighted by Crippen LogP contribution is -2.44. The summed E-state index contributed by atoms with van der Waals surface area (Å²) in [6.45, 7) is 3.84. The fourth-order valence-electron chi connectivity index (χ4n) is 4.50. The highest BCUT2D eigenvalue weighted by Gasteiger charge is 2.45. The highest BCUT2D eigenvalue weighted by atomic mass is 35.5. The van der Waals surface area contributed by atoms with Gasteiger partial charge in [0.15, 0.2) is 5.78 Å². The molecule has 0 saturated carbocycles. The van der Waals surface area contributed by atoms with Gasteiger partial charge in [-0.3, -0.25) is 24.6 Å². The van der Waals surface area contributed by atoms with Crippen molar-refractivity contribution in [2.24, 2.45) is 5.41 Å².